The second-order valence-electron chi connectivity index (χ2n) is 5.15. The zero-order valence-electron chi connectivity index (χ0n) is 10.7. The van der Waals surface area contributed by atoms with Gasteiger partial charge in [-0.3, -0.25) is 4.79 Å². The second-order valence-corrected chi connectivity index (χ2v) is 5.50. The molecule has 5 heteroatoms. The number of nitrogens with zero attached hydrogens (tertiary/aromatic N) is 1. The lowest BCUT2D eigenvalue weighted by molar-refractivity contribution is -0.125. The molecule has 18 heavy (non-hydrogen) atoms. The molecular weight excluding hydrogens is 250 g/mol. The van der Waals surface area contributed by atoms with Crippen molar-refractivity contribution < 1.29 is 4.79 Å². The molecule has 1 fully saturated rings. The summed E-state index contributed by atoms with van der Waals surface area (Å²) in [7, 11) is 0. The van der Waals surface area contributed by atoms with Gasteiger partial charge in [0.05, 0.1) is 11.1 Å². The molecule has 0 aliphatic carbocycles. The molecule has 2 heterocycles. The number of aromatic nitrogens is 1. The van der Waals surface area contributed by atoms with E-state index in [-0.39, 0.29) is 11.3 Å². The van der Waals surface area contributed by atoms with Gasteiger partial charge in [0.1, 0.15) is 0 Å². The third-order valence-electron chi connectivity index (χ3n) is 3.37. The van der Waals surface area contributed by atoms with Crippen molar-refractivity contribution in [3.05, 3.63) is 23.0 Å². The van der Waals surface area contributed by atoms with E-state index in [4.69, 9.17) is 11.6 Å². The van der Waals surface area contributed by atoms with Crippen LogP contribution in [-0.2, 0) is 4.79 Å². The summed E-state index contributed by atoms with van der Waals surface area (Å²) in [4.78, 5) is 16.3. The van der Waals surface area contributed by atoms with Crippen molar-refractivity contribution >= 4 is 23.2 Å². The van der Waals surface area contributed by atoms with Crippen LogP contribution in [0.25, 0.3) is 0 Å². The zero-order valence-corrected chi connectivity index (χ0v) is 11.5. The van der Waals surface area contributed by atoms with Gasteiger partial charge in [0.25, 0.3) is 0 Å². The van der Waals surface area contributed by atoms with Crippen molar-refractivity contribution in [3.8, 4) is 0 Å². The fourth-order valence-corrected chi connectivity index (χ4v) is 2.31. The maximum atomic E-state index is 12.3. The quantitative estimate of drug-likeness (QED) is 0.809. The highest BCUT2D eigenvalue weighted by Crippen LogP contribution is 2.28. The molecule has 1 saturated heterocycles. The number of pyridine rings is 1. The van der Waals surface area contributed by atoms with Gasteiger partial charge in [-0.15, -0.1) is 0 Å². The molecule has 2 N–H and O–H groups in total. The van der Waals surface area contributed by atoms with Crippen LogP contribution in [-0.4, -0.2) is 24.0 Å². The Morgan fingerprint density at radius 1 is 1.61 bits per heavy atom. The van der Waals surface area contributed by atoms with E-state index in [1.807, 2.05) is 19.9 Å². The molecule has 4 nitrogen and oxygen atoms in total. The monoisotopic (exact) mass is 267 g/mol. The van der Waals surface area contributed by atoms with E-state index in [2.05, 4.69) is 15.6 Å². The summed E-state index contributed by atoms with van der Waals surface area (Å²) in [5, 5.41) is 6.48. The molecule has 1 unspecified atom stereocenters. The smallest absolute Gasteiger partial charge is 0.231 e. The van der Waals surface area contributed by atoms with Gasteiger partial charge in [-0.25, -0.2) is 4.98 Å². The first-order valence-electron chi connectivity index (χ1n) is 6.16. The lowest BCUT2D eigenvalue weighted by Gasteiger charge is -2.32. The highest BCUT2D eigenvalue weighted by Gasteiger charge is 2.34. The number of aryl methyl sites for hydroxylation is 1. The molecule has 1 atom stereocenters. The summed E-state index contributed by atoms with van der Waals surface area (Å²) in [6, 6.07) is 1.84. The number of hydrogen-bond acceptors (Lipinski definition) is 3. The highest BCUT2D eigenvalue weighted by atomic mass is 35.5. The van der Waals surface area contributed by atoms with Crippen LogP contribution in [0.5, 0.6) is 0 Å². The van der Waals surface area contributed by atoms with Crippen LogP contribution >= 0.6 is 11.6 Å². The molecule has 1 aromatic rings. The molecular formula is C13H18ClN3O. The number of amides is 1. The molecule has 0 bridgehead atoms. The SMILES string of the molecule is Cc1cnc(Cl)c(NC(=O)C2(C)CCCNC2)c1. The van der Waals surface area contributed by atoms with E-state index >= 15 is 0 Å². The fraction of sp³-hybridized carbons (Fsp3) is 0.538. The Balaban J connectivity index is 2.13. The van der Waals surface area contributed by atoms with E-state index in [9.17, 15) is 4.79 Å². The van der Waals surface area contributed by atoms with Crippen molar-refractivity contribution in [1.82, 2.24) is 10.3 Å². The maximum absolute atomic E-state index is 12.3. The number of piperidine rings is 1. The Kier molecular flexibility index (Phi) is 3.88. The van der Waals surface area contributed by atoms with Crippen LogP contribution in [0.3, 0.4) is 0 Å². The van der Waals surface area contributed by atoms with E-state index in [0.717, 1.165) is 24.9 Å². The number of nitrogens with one attached hydrogen (secondary N) is 2. The van der Waals surface area contributed by atoms with E-state index in [0.29, 0.717) is 17.4 Å². The molecule has 0 saturated carbocycles. The standard InChI is InChI=1S/C13H18ClN3O/c1-9-6-10(11(14)16-7-9)17-12(18)13(2)4-3-5-15-8-13/h6-7,15H,3-5,8H2,1-2H3,(H,17,18). The maximum Gasteiger partial charge on any atom is 0.231 e. The summed E-state index contributed by atoms with van der Waals surface area (Å²) in [5.41, 5.74) is 1.20. The fourth-order valence-electron chi connectivity index (χ4n) is 2.16. The minimum atomic E-state index is -0.370. The molecule has 0 aromatic carbocycles. The molecule has 1 aliphatic rings. The first-order valence-corrected chi connectivity index (χ1v) is 6.53. The summed E-state index contributed by atoms with van der Waals surface area (Å²) in [5.74, 6) is 0.00370. The number of carbonyl (C=O) groups excluding carboxylic acids is 1. The van der Waals surface area contributed by atoms with Gasteiger partial charge in [-0.2, -0.15) is 0 Å². The lowest BCUT2D eigenvalue weighted by Crippen LogP contribution is -2.46. The van der Waals surface area contributed by atoms with Gasteiger partial charge in [0.2, 0.25) is 5.91 Å². The molecule has 0 spiro atoms. The number of anilines is 1. The van der Waals surface area contributed by atoms with Gasteiger partial charge in [-0.1, -0.05) is 11.6 Å². The van der Waals surface area contributed by atoms with E-state index in [1.165, 1.54) is 0 Å². The normalized spacial score (nSPS) is 23.7. The first-order chi connectivity index (χ1) is 8.51. The molecule has 1 aliphatic heterocycles. The van der Waals surface area contributed by atoms with Crippen molar-refractivity contribution in [2.45, 2.75) is 26.7 Å². The van der Waals surface area contributed by atoms with Gasteiger partial charge in [-0.05, 0) is 44.9 Å². The van der Waals surface area contributed by atoms with Gasteiger partial charge in [0, 0.05) is 12.7 Å². The summed E-state index contributed by atoms with van der Waals surface area (Å²) in [6.07, 6.45) is 3.59. The minimum absolute atomic E-state index is 0.00370. The Bertz CT molecular complexity index is 456. The van der Waals surface area contributed by atoms with E-state index < -0.39 is 0 Å². The Morgan fingerprint density at radius 3 is 3.06 bits per heavy atom. The second kappa shape index (κ2) is 5.24. The van der Waals surface area contributed by atoms with Gasteiger partial charge < -0.3 is 10.6 Å². The van der Waals surface area contributed by atoms with Crippen LogP contribution in [0, 0.1) is 12.3 Å². The number of hydrogen-bond donors (Lipinski definition) is 2. The molecule has 98 valence electrons. The highest BCUT2D eigenvalue weighted by molar-refractivity contribution is 6.32. The van der Waals surface area contributed by atoms with Crippen LogP contribution in [0.2, 0.25) is 5.15 Å². The van der Waals surface area contributed by atoms with Crippen LogP contribution in [0.1, 0.15) is 25.3 Å². The predicted octanol–water partition coefficient (Wildman–Crippen LogP) is 2.37. The summed E-state index contributed by atoms with van der Waals surface area (Å²) < 4.78 is 0. The predicted molar refractivity (Wildman–Crippen MR) is 72.8 cm³/mol. The average Bonchev–Trinajstić information content (AvgIpc) is 2.35. The Labute approximate surface area is 112 Å². The summed E-state index contributed by atoms with van der Waals surface area (Å²) in [6.45, 7) is 5.58. The largest absolute Gasteiger partial charge is 0.323 e. The minimum Gasteiger partial charge on any atom is -0.323 e. The third kappa shape index (κ3) is 2.82. The zero-order chi connectivity index (χ0) is 13.2. The van der Waals surface area contributed by atoms with Crippen molar-refractivity contribution in [1.29, 1.82) is 0 Å². The molecule has 1 aromatic heterocycles. The van der Waals surface area contributed by atoms with Crippen LogP contribution in [0.15, 0.2) is 12.3 Å². The molecule has 1 amide bonds. The number of rotatable bonds is 2. The topological polar surface area (TPSA) is 54.0 Å². The lowest BCUT2D eigenvalue weighted by atomic mass is 9.82. The van der Waals surface area contributed by atoms with Crippen LogP contribution < -0.4 is 10.6 Å². The van der Waals surface area contributed by atoms with E-state index in [1.54, 1.807) is 6.20 Å². The van der Waals surface area contributed by atoms with Crippen molar-refractivity contribution in [2.24, 2.45) is 5.41 Å². The van der Waals surface area contributed by atoms with Gasteiger partial charge >= 0.3 is 0 Å². The van der Waals surface area contributed by atoms with Crippen molar-refractivity contribution in [3.63, 3.8) is 0 Å². The number of carbonyl (C=O) groups is 1. The Morgan fingerprint density at radius 2 is 2.39 bits per heavy atom. The Hall–Kier alpha value is -1.13. The average molecular weight is 268 g/mol. The van der Waals surface area contributed by atoms with Crippen molar-refractivity contribution in [2.75, 3.05) is 18.4 Å². The summed E-state index contributed by atoms with van der Waals surface area (Å²) >= 11 is 5.98. The molecule has 2 rings (SSSR count). The third-order valence-corrected chi connectivity index (χ3v) is 3.67. The van der Waals surface area contributed by atoms with Crippen LogP contribution in [0.4, 0.5) is 5.69 Å². The molecule has 0 radical (unpaired) electrons. The number of halogens is 1. The first kappa shape index (κ1) is 13.3. The van der Waals surface area contributed by atoms with Gasteiger partial charge in [0.15, 0.2) is 5.15 Å².